The lowest BCUT2D eigenvalue weighted by atomic mass is 10.0. The Hall–Kier alpha value is 1.50. The second kappa shape index (κ2) is 18.3. The molecule has 1 saturated carbocycles. The van der Waals surface area contributed by atoms with Gasteiger partial charge in [0.15, 0.2) is 0 Å². The Morgan fingerprint density at radius 3 is 1.56 bits per heavy atom. The maximum Gasteiger partial charge on any atom is 0.512 e. The summed E-state index contributed by atoms with van der Waals surface area (Å²) in [7, 11) is 5.24. The summed E-state index contributed by atoms with van der Waals surface area (Å²) in [5, 5.41) is 1.64. The van der Waals surface area contributed by atoms with E-state index in [-0.39, 0.29) is 0 Å². The summed E-state index contributed by atoms with van der Waals surface area (Å²) in [5.41, 5.74) is 0. The van der Waals surface area contributed by atoms with Gasteiger partial charge in [-0.25, -0.2) is 0 Å². The van der Waals surface area contributed by atoms with Crippen molar-refractivity contribution in [3.05, 3.63) is 0 Å². The number of hydrogen-bond acceptors (Lipinski definition) is 7. The maximum atomic E-state index is 5.93. The Labute approximate surface area is 184 Å². The van der Waals surface area contributed by atoms with E-state index in [4.69, 9.17) is 13.3 Å². The zero-order chi connectivity index (χ0) is 19.6. The molecule has 0 unspecified atom stereocenters. The summed E-state index contributed by atoms with van der Waals surface area (Å²) in [6.45, 7) is 8.02. The van der Waals surface area contributed by atoms with Crippen molar-refractivity contribution in [3.8, 4) is 0 Å². The third-order valence-corrected chi connectivity index (χ3v) is 15.8. The van der Waals surface area contributed by atoms with Crippen LogP contribution in [0.15, 0.2) is 0 Å². The molecule has 8 heteroatoms. The van der Waals surface area contributed by atoms with Gasteiger partial charge in [-0.3, -0.25) is 0 Å². The standard InChI is InChI=1S/C19H40O3S4Si/c1-4-20-27(21-5-2,22-6-3)18-23-25-26-24-19-16-14-12-10-8-7-9-11-13-15-17-19/h19H,4-18H2,1-3H3. The lowest BCUT2D eigenvalue weighted by Gasteiger charge is -2.27. The first-order valence-electron chi connectivity index (χ1n) is 10.8. The van der Waals surface area contributed by atoms with Gasteiger partial charge in [-0.2, -0.15) is 0 Å². The first kappa shape index (κ1) is 26.5. The van der Waals surface area contributed by atoms with Gasteiger partial charge in [0.2, 0.25) is 0 Å². The van der Waals surface area contributed by atoms with Crippen LogP contribution in [0.2, 0.25) is 0 Å². The Kier molecular flexibility index (Phi) is 18.0. The molecular weight excluding hydrogens is 433 g/mol. The van der Waals surface area contributed by atoms with Gasteiger partial charge in [0.05, 0.1) is 5.38 Å². The largest absolute Gasteiger partial charge is 0.512 e. The molecule has 0 radical (unpaired) electrons. The molecule has 1 fully saturated rings. The highest BCUT2D eigenvalue weighted by Gasteiger charge is 2.40. The van der Waals surface area contributed by atoms with Gasteiger partial charge in [-0.05, 0) is 53.3 Å². The van der Waals surface area contributed by atoms with Gasteiger partial charge < -0.3 is 13.3 Å². The van der Waals surface area contributed by atoms with Crippen LogP contribution in [0.4, 0.5) is 0 Å². The molecule has 0 atom stereocenters. The molecule has 1 aliphatic carbocycles. The third-order valence-electron chi connectivity index (χ3n) is 4.63. The van der Waals surface area contributed by atoms with Gasteiger partial charge in [0.1, 0.15) is 0 Å². The van der Waals surface area contributed by atoms with Crippen LogP contribution in [0.3, 0.4) is 0 Å². The fourth-order valence-corrected chi connectivity index (χ4v) is 15.1. The van der Waals surface area contributed by atoms with Crippen LogP contribution in [-0.2, 0) is 13.3 Å². The molecule has 1 rings (SSSR count). The SMILES string of the molecule is CCO[Si](CSSSSC1CCCCCCCCCCC1)(OCC)OCC. The summed E-state index contributed by atoms with van der Waals surface area (Å²) in [6.07, 6.45) is 15.7. The van der Waals surface area contributed by atoms with Crippen LogP contribution in [0.5, 0.6) is 0 Å². The summed E-state index contributed by atoms with van der Waals surface area (Å²) >= 11 is 0. The Morgan fingerprint density at radius 1 is 0.667 bits per heavy atom. The highest BCUT2D eigenvalue weighted by atomic mass is 33.7. The molecule has 0 aromatic rings. The van der Waals surface area contributed by atoms with E-state index in [1.807, 2.05) is 51.2 Å². The minimum atomic E-state index is -2.50. The van der Waals surface area contributed by atoms with E-state index in [0.29, 0.717) is 19.8 Å². The fourth-order valence-electron chi connectivity index (χ4n) is 3.32. The van der Waals surface area contributed by atoms with Crippen molar-refractivity contribution in [1.82, 2.24) is 0 Å². The lowest BCUT2D eigenvalue weighted by molar-refractivity contribution is 0.0774. The Balaban J connectivity index is 2.29. The smallest absolute Gasteiger partial charge is 0.373 e. The molecule has 0 aromatic heterocycles. The molecule has 0 saturated heterocycles. The average Bonchev–Trinajstić information content (AvgIpc) is 2.64. The van der Waals surface area contributed by atoms with Crippen LogP contribution in [0, 0.1) is 0 Å². The molecule has 1 aliphatic rings. The topological polar surface area (TPSA) is 27.7 Å². The van der Waals surface area contributed by atoms with E-state index >= 15 is 0 Å². The molecule has 0 aromatic carbocycles. The van der Waals surface area contributed by atoms with E-state index in [0.717, 1.165) is 10.6 Å². The molecule has 0 heterocycles. The Morgan fingerprint density at radius 2 is 1.11 bits per heavy atom. The quantitative estimate of drug-likeness (QED) is 0.162. The van der Waals surface area contributed by atoms with Gasteiger partial charge >= 0.3 is 8.80 Å². The van der Waals surface area contributed by atoms with Crippen molar-refractivity contribution in [1.29, 1.82) is 0 Å². The summed E-state index contributed by atoms with van der Waals surface area (Å²) in [5.74, 6) is 0. The second-order valence-corrected chi connectivity index (χ2v) is 16.2. The predicted octanol–water partition coefficient (Wildman–Crippen LogP) is 7.93. The van der Waals surface area contributed by atoms with Crippen molar-refractivity contribution in [3.63, 3.8) is 0 Å². The van der Waals surface area contributed by atoms with Crippen molar-refractivity contribution < 1.29 is 13.3 Å². The van der Waals surface area contributed by atoms with Gasteiger partial charge in [0.25, 0.3) is 0 Å². The predicted molar refractivity (Wildman–Crippen MR) is 130 cm³/mol. The molecular formula is C19H40O3S4Si. The minimum absolute atomic E-state index is 0.654. The zero-order valence-corrected chi connectivity index (χ0v) is 21.8. The van der Waals surface area contributed by atoms with Gasteiger partial charge in [-0.15, -0.1) is 0 Å². The lowest BCUT2D eigenvalue weighted by Crippen LogP contribution is -2.48. The summed E-state index contributed by atoms with van der Waals surface area (Å²) < 4.78 is 17.8. The van der Waals surface area contributed by atoms with Crippen LogP contribution >= 0.6 is 41.2 Å². The van der Waals surface area contributed by atoms with Crippen molar-refractivity contribution in [2.45, 2.75) is 96.7 Å². The van der Waals surface area contributed by atoms with Gasteiger partial charge in [0, 0.05) is 25.1 Å². The molecule has 3 nitrogen and oxygen atoms in total. The van der Waals surface area contributed by atoms with E-state index < -0.39 is 8.80 Å². The number of hydrogen-bond donors (Lipinski definition) is 0. The van der Waals surface area contributed by atoms with E-state index in [2.05, 4.69) is 10.8 Å². The molecule has 0 spiro atoms. The first-order valence-corrected chi connectivity index (χ1v) is 17.8. The zero-order valence-electron chi connectivity index (χ0n) is 17.5. The molecule has 0 aliphatic heterocycles. The van der Waals surface area contributed by atoms with Gasteiger partial charge in [-0.1, -0.05) is 79.4 Å². The Bertz CT molecular complexity index is 311. The van der Waals surface area contributed by atoms with E-state index in [1.54, 1.807) is 0 Å². The molecule has 0 bridgehead atoms. The van der Waals surface area contributed by atoms with Crippen LogP contribution in [-0.4, -0.2) is 39.3 Å². The molecule has 0 amide bonds. The highest BCUT2D eigenvalue weighted by Crippen LogP contribution is 2.47. The van der Waals surface area contributed by atoms with Crippen LogP contribution in [0.25, 0.3) is 0 Å². The van der Waals surface area contributed by atoms with Crippen molar-refractivity contribution in [2.75, 3.05) is 25.2 Å². The molecule has 162 valence electrons. The third kappa shape index (κ3) is 13.4. The summed E-state index contributed by atoms with van der Waals surface area (Å²) in [6, 6.07) is 0. The first-order chi connectivity index (χ1) is 13.3. The minimum Gasteiger partial charge on any atom is -0.373 e. The van der Waals surface area contributed by atoms with Crippen LogP contribution < -0.4 is 0 Å². The summed E-state index contributed by atoms with van der Waals surface area (Å²) in [4.78, 5) is 0. The van der Waals surface area contributed by atoms with Crippen molar-refractivity contribution >= 4 is 50.0 Å². The fraction of sp³-hybridized carbons (Fsp3) is 1.00. The monoisotopic (exact) mass is 472 g/mol. The van der Waals surface area contributed by atoms with E-state index in [9.17, 15) is 0 Å². The number of rotatable bonds is 12. The normalized spacial score (nSPS) is 18.8. The van der Waals surface area contributed by atoms with Crippen LogP contribution in [0.1, 0.15) is 91.4 Å². The maximum absolute atomic E-state index is 5.93. The average molecular weight is 473 g/mol. The van der Waals surface area contributed by atoms with Crippen molar-refractivity contribution in [2.24, 2.45) is 0 Å². The second-order valence-electron chi connectivity index (χ2n) is 6.86. The van der Waals surface area contributed by atoms with E-state index in [1.165, 1.54) is 70.6 Å². The molecule has 0 N–H and O–H groups in total. The molecule has 27 heavy (non-hydrogen) atoms. The highest BCUT2D eigenvalue weighted by molar-refractivity contribution is 9.26.